The van der Waals surface area contributed by atoms with Crippen LogP contribution in [0.25, 0.3) is 11.3 Å². The molecule has 0 saturated carbocycles. The Labute approximate surface area is 268 Å². The van der Waals surface area contributed by atoms with Crippen LogP contribution in [-0.4, -0.2) is 105 Å². The number of amidine groups is 1. The zero-order valence-corrected chi connectivity index (χ0v) is 27.2. The van der Waals surface area contributed by atoms with E-state index in [0.29, 0.717) is 18.8 Å². The number of likely N-dealkylation sites (N-methyl/N-ethyl adjacent to an activating group) is 1. The first-order chi connectivity index (χ1) is 21.6. The summed E-state index contributed by atoms with van der Waals surface area (Å²) >= 11 is 3.84. The van der Waals surface area contributed by atoms with Gasteiger partial charge in [0.25, 0.3) is 0 Å². The quantitative estimate of drug-likeness (QED) is 0.0787. The first kappa shape index (κ1) is 32.2. The van der Waals surface area contributed by atoms with Crippen LogP contribution in [0.1, 0.15) is 24.8 Å². The lowest BCUT2D eigenvalue weighted by atomic mass is 10.1. The number of nitrogens with zero attached hydrogens (tertiary/aromatic N) is 5. The molecule has 1 aromatic heterocycles. The molecule has 3 heterocycles. The van der Waals surface area contributed by atoms with E-state index in [4.69, 9.17) is 30.1 Å². The summed E-state index contributed by atoms with van der Waals surface area (Å²) in [6, 6.07) is 15.6. The summed E-state index contributed by atoms with van der Waals surface area (Å²) in [6.07, 6.45) is 2.91. The number of hydrogen-bond acceptors (Lipinski definition) is 11. The van der Waals surface area contributed by atoms with Gasteiger partial charge in [-0.3, -0.25) is 4.90 Å². The number of thiazole rings is 1. The van der Waals surface area contributed by atoms with Crippen molar-refractivity contribution in [2.75, 3.05) is 94.0 Å². The van der Waals surface area contributed by atoms with Gasteiger partial charge in [0, 0.05) is 68.9 Å². The molecule has 3 aromatic rings. The molecule has 44 heavy (non-hydrogen) atoms. The normalized spacial score (nSPS) is 16.2. The van der Waals surface area contributed by atoms with E-state index in [-0.39, 0.29) is 5.84 Å². The SMILES string of the molecule is CN(CCN1CCOCC1)c1nc(-c2ccc(OCCCCCOc3ccc(/C(N)=N/O)cc3)cc2)c(N2CCSCC2)s1. The molecule has 0 aliphatic carbocycles. The first-order valence-corrected chi connectivity index (χ1v) is 17.4. The third-order valence-electron chi connectivity index (χ3n) is 7.79. The van der Waals surface area contributed by atoms with Crippen LogP contribution in [-0.2, 0) is 4.74 Å². The van der Waals surface area contributed by atoms with Gasteiger partial charge in [-0.25, -0.2) is 4.98 Å². The molecular weight excluding hydrogens is 597 g/mol. The second kappa shape index (κ2) is 16.8. The van der Waals surface area contributed by atoms with Crippen molar-refractivity contribution in [3.8, 4) is 22.8 Å². The van der Waals surface area contributed by atoms with Gasteiger partial charge in [-0.2, -0.15) is 11.8 Å². The highest BCUT2D eigenvalue weighted by atomic mass is 32.2. The fourth-order valence-electron chi connectivity index (χ4n) is 5.09. The second-order valence-corrected chi connectivity index (χ2v) is 13.1. The number of nitrogens with two attached hydrogens (primary N) is 1. The lowest BCUT2D eigenvalue weighted by Gasteiger charge is -2.28. The van der Waals surface area contributed by atoms with Gasteiger partial charge < -0.3 is 35.0 Å². The van der Waals surface area contributed by atoms with Crippen molar-refractivity contribution in [3.05, 3.63) is 54.1 Å². The number of thioether (sulfide) groups is 1. The summed E-state index contributed by atoms with van der Waals surface area (Å²) in [5, 5.41) is 14.1. The van der Waals surface area contributed by atoms with Crippen molar-refractivity contribution in [3.63, 3.8) is 0 Å². The van der Waals surface area contributed by atoms with E-state index >= 15 is 0 Å². The summed E-state index contributed by atoms with van der Waals surface area (Å²) in [5.74, 6) is 4.04. The number of benzene rings is 2. The van der Waals surface area contributed by atoms with Gasteiger partial charge in [0.1, 0.15) is 22.2 Å². The van der Waals surface area contributed by atoms with Crippen LogP contribution >= 0.6 is 23.1 Å². The van der Waals surface area contributed by atoms with Crippen LogP contribution in [0.3, 0.4) is 0 Å². The number of rotatable bonds is 15. The molecule has 0 atom stereocenters. The Balaban J connectivity index is 1.09. The van der Waals surface area contributed by atoms with Gasteiger partial charge in [0.05, 0.1) is 26.4 Å². The van der Waals surface area contributed by atoms with Crippen LogP contribution in [0.5, 0.6) is 11.5 Å². The van der Waals surface area contributed by atoms with Crippen LogP contribution in [0.15, 0.2) is 53.7 Å². The third-order valence-corrected chi connectivity index (χ3v) is 9.96. The molecule has 0 unspecified atom stereocenters. The number of aromatic nitrogens is 1. The smallest absolute Gasteiger partial charge is 0.187 e. The Morgan fingerprint density at radius 3 is 2.23 bits per heavy atom. The summed E-state index contributed by atoms with van der Waals surface area (Å²) in [5.41, 5.74) is 8.46. The van der Waals surface area contributed by atoms with E-state index in [1.54, 1.807) is 12.1 Å². The summed E-state index contributed by atoms with van der Waals surface area (Å²) in [7, 11) is 2.16. The van der Waals surface area contributed by atoms with Crippen LogP contribution in [0, 0.1) is 0 Å². The molecule has 2 aliphatic heterocycles. The molecule has 3 N–H and O–H groups in total. The van der Waals surface area contributed by atoms with Crippen LogP contribution in [0.2, 0.25) is 0 Å². The maximum Gasteiger partial charge on any atom is 0.187 e. The molecule has 0 bridgehead atoms. The van der Waals surface area contributed by atoms with Crippen molar-refractivity contribution in [1.29, 1.82) is 0 Å². The highest BCUT2D eigenvalue weighted by Gasteiger charge is 2.23. The monoisotopic (exact) mass is 640 g/mol. The molecule has 5 rings (SSSR count). The minimum atomic E-state index is 0.0865. The van der Waals surface area contributed by atoms with Gasteiger partial charge >= 0.3 is 0 Å². The third kappa shape index (κ3) is 9.16. The standard InChI is InChI=1S/C32H44N6O4S2/c1-36(13-14-37-15-21-40-22-16-37)32-34-29(31(44-32)38-17-23-43-24-18-38)25-5-9-27(10-6-25)41-19-3-2-4-20-42-28-11-7-26(8-12-28)30(33)35-39/h5-12,39H,2-4,13-24H2,1H3,(H2,33,35). The van der Waals surface area contributed by atoms with E-state index in [9.17, 15) is 0 Å². The van der Waals surface area contributed by atoms with Gasteiger partial charge in [-0.05, 0) is 67.8 Å². The average molecular weight is 641 g/mol. The number of morpholine rings is 1. The number of unbranched alkanes of at least 4 members (excludes halogenated alkanes) is 2. The van der Waals surface area contributed by atoms with Crippen LogP contribution in [0.4, 0.5) is 10.1 Å². The fraction of sp³-hybridized carbons (Fsp3) is 0.500. The minimum absolute atomic E-state index is 0.0865. The van der Waals surface area contributed by atoms with Crippen molar-refractivity contribution in [2.45, 2.75) is 19.3 Å². The Hall–Kier alpha value is -3.19. The zero-order valence-electron chi connectivity index (χ0n) is 25.5. The fourth-order valence-corrected chi connectivity index (χ4v) is 7.13. The number of oxime groups is 1. The summed E-state index contributed by atoms with van der Waals surface area (Å²) in [4.78, 5) is 12.4. The van der Waals surface area contributed by atoms with Crippen LogP contribution < -0.4 is 25.0 Å². The highest BCUT2D eigenvalue weighted by molar-refractivity contribution is 7.99. The average Bonchev–Trinajstić information content (AvgIpc) is 3.54. The van der Waals surface area contributed by atoms with E-state index in [1.165, 1.54) is 5.00 Å². The van der Waals surface area contributed by atoms with E-state index in [2.05, 4.69) is 51.2 Å². The lowest BCUT2D eigenvalue weighted by Crippen LogP contribution is -2.40. The molecule has 2 saturated heterocycles. The maximum atomic E-state index is 8.77. The van der Waals surface area contributed by atoms with Gasteiger partial charge in [0.15, 0.2) is 11.0 Å². The number of ether oxygens (including phenoxy) is 3. The molecule has 2 fully saturated rings. The van der Waals surface area contributed by atoms with Gasteiger partial charge in [-0.1, -0.05) is 16.5 Å². The van der Waals surface area contributed by atoms with E-state index < -0.39 is 0 Å². The molecule has 10 nitrogen and oxygen atoms in total. The largest absolute Gasteiger partial charge is 0.494 e. The topological polar surface area (TPSA) is 109 Å². The maximum absolute atomic E-state index is 8.77. The molecule has 12 heteroatoms. The highest BCUT2D eigenvalue weighted by Crippen LogP contribution is 2.41. The van der Waals surface area contributed by atoms with Crippen molar-refractivity contribution >= 4 is 39.1 Å². The predicted octanol–water partition coefficient (Wildman–Crippen LogP) is 4.85. The minimum Gasteiger partial charge on any atom is -0.494 e. The van der Waals surface area contributed by atoms with Crippen molar-refractivity contribution < 1.29 is 19.4 Å². The molecule has 0 amide bonds. The Kier molecular flexibility index (Phi) is 12.3. The Morgan fingerprint density at radius 1 is 0.955 bits per heavy atom. The number of hydrogen-bond donors (Lipinski definition) is 2. The van der Waals surface area contributed by atoms with E-state index in [1.807, 2.05) is 35.2 Å². The Morgan fingerprint density at radius 2 is 1.59 bits per heavy atom. The molecule has 0 radical (unpaired) electrons. The molecule has 238 valence electrons. The molecule has 2 aliphatic rings. The first-order valence-electron chi connectivity index (χ1n) is 15.4. The summed E-state index contributed by atoms with van der Waals surface area (Å²) < 4.78 is 17.4. The lowest BCUT2D eigenvalue weighted by molar-refractivity contribution is 0.0393. The van der Waals surface area contributed by atoms with Gasteiger partial charge in [0.2, 0.25) is 0 Å². The Bertz CT molecular complexity index is 1310. The van der Waals surface area contributed by atoms with Crippen molar-refractivity contribution in [1.82, 2.24) is 9.88 Å². The summed E-state index contributed by atoms with van der Waals surface area (Å²) in [6.45, 7) is 9.06. The van der Waals surface area contributed by atoms with E-state index in [0.717, 1.165) is 111 Å². The molecular formula is C32H44N6O4S2. The molecule has 0 spiro atoms. The van der Waals surface area contributed by atoms with Gasteiger partial charge in [-0.15, -0.1) is 0 Å². The predicted molar refractivity (Wildman–Crippen MR) is 181 cm³/mol. The zero-order chi connectivity index (χ0) is 30.6. The second-order valence-electron chi connectivity index (χ2n) is 10.9. The number of anilines is 2. The van der Waals surface area contributed by atoms with Crippen molar-refractivity contribution in [2.24, 2.45) is 10.9 Å². The molecule has 2 aromatic carbocycles.